The molecule has 1 aliphatic rings. The smallest absolute Gasteiger partial charge is 0.291 e. The van der Waals surface area contributed by atoms with Crippen LogP contribution in [0.4, 0.5) is 11.4 Å². The molecule has 154 valence electrons. The molecule has 2 N–H and O–H groups in total. The molecule has 1 fully saturated rings. The van der Waals surface area contributed by atoms with Gasteiger partial charge < -0.3 is 10.4 Å². The van der Waals surface area contributed by atoms with E-state index in [1.165, 1.54) is 11.6 Å². The fourth-order valence-electron chi connectivity index (χ4n) is 3.37. The average molecular weight is 424 g/mol. The summed E-state index contributed by atoms with van der Waals surface area (Å²) in [4.78, 5) is 25.9. The van der Waals surface area contributed by atoms with Gasteiger partial charge in [-0.2, -0.15) is 5.10 Å². The molecule has 30 heavy (non-hydrogen) atoms. The topological polar surface area (TPSA) is 84.2 Å². The highest BCUT2D eigenvalue weighted by Crippen LogP contribution is 2.32. The lowest BCUT2D eigenvalue weighted by atomic mass is 10.0. The highest BCUT2D eigenvalue weighted by molar-refractivity contribution is 6.30. The minimum Gasteiger partial charge on any atom is -0.392 e. The summed E-state index contributed by atoms with van der Waals surface area (Å²) in [6.45, 7) is 1.87. The highest BCUT2D eigenvalue weighted by atomic mass is 35.5. The number of aliphatic hydroxyl groups excluding tert-OH is 1. The molecule has 1 aromatic heterocycles. The van der Waals surface area contributed by atoms with E-state index in [0.717, 1.165) is 18.4 Å². The molecule has 6 nitrogen and oxygen atoms in total. The zero-order valence-electron chi connectivity index (χ0n) is 16.6. The predicted octanol–water partition coefficient (Wildman–Crippen LogP) is 4.41. The number of nitrogens with zero attached hydrogens (tertiary/aromatic N) is 2. The largest absolute Gasteiger partial charge is 0.392 e. The van der Waals surface area contributed by atoms with Crippen molar-refractivity contribution < 1.29 is 9.90 Å². The first-order valence-corrected chi connectivity index (χ1v) is 10.2. The Labute approximate surface area is 179 Å². The van der Waals surface area contributed by atoms with Crippen molar-refractivity contribution in [2.24, 2.45) is 5.92 Å². The second-order valence-electron chi connectivity index (χ2n) is 7.58. The lowest BCUT2D eigenvalue weighted by Crippen LogP contribution is -2.29. The number of Topliss-reactive ketones (excluding diaryl/α,β-unsaturated/α-hetero) is 1. The maximum atomic E-state index is 13.3. The van der Waals surface area contributed by atoms with Crippen LogP contribution in [-0.2, 0) is 13.2 Å². The van der Waals surface area contributed by atoms with Crippen molar-refractivity contribution in [1.29, 1.82) is 0 Å². The third kappa shape index (κ3) is 4.30. The van der Waals surface area contributed by atoms with E-state index < -0.39 is 0 Å². The SMILES string of the molecule is CC(=O)c1c(-c2cccc(Cl)c2)nn(CC2CC2)c(=O)c1Nc1ccc(CO)cc1. The zero-order valence-corrected chi connectivity index (χ0v) is 17.3. The van der Waals surface area contributed by atoms with Crippen molar-refractivity contribution in [1.82, 2.24) is 9.78 Å². The van der Waals surface area contributed by atoms with E-state index in [4.69, 9.17) is 11.6 Å². The molecule has 2 aromatic carbocycles. The van der Waals surface area contributed by atoms with Gasteiger partial charge in [0, 0.05) is 22.8 Å². The van der Waals surface area contributed by atoms with Crippen molar-refractivity contribution in [3.05, 3.63) is 75.0 Å². The number of hydrogen-bond acceptors (Lipinski definition) is 5. The van der Waals surface area contributed by atoms with Gasteiger partial charge in [0.15, 0.2) is 5.78 Å². The molecule has 4 rings (SSSR count). The molecule has 0 radical (unpaired) electrons. The van der Waals surface area contributed by atoms with Crippen LogP contribution in [-0.4, -0.2) is 20.7 Å². The molecule has 1 saturated carbocycles. The molecular formula is C23H22ClN3O3. The van der Waals surface area contributed by atoms with Crippen LogP contribution in [0, 0.1) is 5.92 Å². The van der Waals surface area contributed by atoms with Gasteiger partial charge in [0.2, 0.25) is 0 Å². The van der Waals surface area contributed by atoms with Crippen LogP contribution in [0.25, 0.3) is 11.3 Å². The number of hydrogen-bond donors (Lipinski definition) is 2. The molecule has 0 bridgehead atoms. The molecule has 0 saturated heterocycles. The average Bonchev–Trinajstić information content (AvgIpc) is 3.55. The van der Waals surface area contributed by atoms with Crippen LogP contribution in [0.1, 0.15) is 35.7 Å². The number of ketones is 1. The Kier molecular flexibility index (Phi) is 5.70. The number of carbonyl (C=O) groups is 1. The Hall–Kier alpha value is -2.96. The minimum absolute atomic E-state index is 0.0681. The van der Waals surface area contributed by atoms with Crippen LogP contribution in [0.5, 0.6) is 0 Å². The van der Waals surface area contributed by atoms with E-state index in [2.05, 4.69) is 10.4 Å². The number of aliphatic hydroxyl groups is 1. The highest BCUT2D eigenvalue weighted by Gasteiger charge is 2.27. The fraction of sp³-hybridized carbons (Fsp3) is 0.261. The van der Waals surface area contributed by atoms with Crippen LogP contribution < -0.4 is 10.9 Å². The van der Waals surface area contributed by atoms with Gasteiger partial charge >= 0.3 is 0 Å². The summed E-state index contributed by atoms with van der Waals surface area (Å²) in [5, 5.41) is 17.5. The van der Waals surface area contributed by atoms with Gasteiger partial charge in [-0.1, -0.05) is 35.9 Å². The number of anilines is 2. The van der Waals surface area contributed by atoms with Gasteiger partial charge in [-0.25, -0.2) is 4.68 Å². The number of carbonyl (C=O) groups excluding carboxylic acids is 1. The quantitative estimate of drug-likeness (QED) is 0.550. The molecule has 0 amide bonds. The summed E-state index contributed by atoms with van der Waals surface area (Å²) >= 11 is 6.17. The fourth-order valence-corrected chi connectivity index (χ4v) is 3.56. The summed E-state index contributed by atoms with van der Waals surface area (Å²) in [7, 11) is 0. The predicted molar refractivity (Wildman–Crippen MR) is 117 cm³/mol. The summed E-state index contributed by atoms with van der Waals surface area (Å²) in [6.07, 6.45) is 2.14. The third-order valence-electron chi connectivity index (χ3n) is 5.14. The van der Waals surface area contributed by atoms with E-state index in [-0.39, 0.29) is 29.2 Å². The number of benzene rings is 2. The van der Waals surface area contributed by atoms with E-state index in [9.17, 15) is 14.7 Å². The Morgan fingerprint density at radius 1 is 1.23 bits per heavy atom. The lowest BCUT2D eigenvalue weighted by Gasteiger charge is -2.17. The summed E-state index contributed by atoms with van der Waals surface area (Å²) in [6, 6.07) is 14.2. The molecule has 0 aliphatic heterocycles. The first kappa shape index (κ1) is 20.3. The van der Waals surface area contributed by atoms with Crippen molar-refractivity contribution in [2.75, 3.05) is 5.32 Å². The van der Waals surface area contributed by atoms with Gasteiger partial charge in [-0.05, 0) is 55.5 Å². The van der Waals surface area contributed by atoms with Crippen LogP contribution in [0.3, 0.4) is 0 Å². The van der Waals surface area contributed by atoms with Crippen LogP contribution >= 0.6 is 11.6 Å². The molecule has 7 heteroatoms. The first-order valence-electron chi connectivity index (χ1n) is 9.85. The van der Waals surface area contributed by atoms with Crippen molar-refractivity contribution in [3.63, 3.8) is 0 Å². The third-order valence-corrected chi connectivity index (χ3v) is 5.37. The molecule has 0 spiro atoms. The molecular weight excluding hydrogens is 402 g/mol. The van der Waals surface area contributed by atoms with E-state index in [1.54, 1.807) is 42.5 Å². The maximum absolute atomic E-state index is 13.3. The second-order valence-corrected chi connectivity index (χ2v) is 8.01. The van der Waals surface area contributed by atoms with Gasteiger partial charge in [-0.15, -0.1) is 0 Å². The Bertz CT molecular complexity index is 1150. The van der Waals surface area contributed by atoms with Crippen molar-refractivity contribution in [2.45, 2.75) is 32.9 Å². The molecule has 1 aliphatic carbocycles. The Balaban J connectivity index is 1.89. The Morgan fingerprint density at radius 3 is 2.57 bits per heavy atom. The first-order chi connectivity index (χ1) is 14.5. The second kappa shape index (κ2) is 8.42. The summed E-state index contributed by atoms with van der Waals surface area (Å²) < 4.78 is 1.45. The Morgan fingerprint density at radius 2 is 1.97 bits per heavy atom. The van der Waals surface area contributed by atoms with Gasteiger partial charge in [0.25, 0.3) is 5.56 Å². The molecule has 0 atom stereocenters. The van der Waals surface area contributed by atoms with Gasteiger partial charge in [0.05, 0.1) is 12.2 Å². The summed E-state index contributed by atoms with van der Waals surface area (Å²) in [5.74, 6) is 0.171. The molecule has 3 aromatic rings. The van der Waals surface area contributed by atoms with Gasteiger partial charge in [0.1, 0.15) is 11.4 Å². The van der Waals surface area contributed by atoms with Gasteiger partial charge in [-0.3, -0.25) is 9.59 Å². The number of nitrogens with one attached hydrogen (secondary N) is 1. The molecule has 0 unspecified atom stereocenters. The minimum atomic E-state index is -0.330. The van der Waals surface area contributed by atoms with E-state index in [1.807, 2.05) is 6.07 Å². The van der Waals surface area contributed by atoms with E-state index in [0.29, 0.717) is 34.4 Å². The van der Waals surface area contributed by atoms with E-state index >= 15 is 0 Å². The van der Waals surface area contributed by atoms with Crippen LogP contribution in [0.2, 0.25) is 5.02 Å². The lowest BCUT2D eigenvalue weighted by molar-refractivity contribution is 0.101. The monoisotopic (exact) mass is 423 g/mol. The number of rotatable bonds is 7. The van der Waals surface area contributed by atoms with Crippen LogP contribution in [0.15, 0.2) is 53.3 Å². The number of halogens is 1. The normalized spacial score (nSPS) is 13.3. The summed E-state index contributed by atoms with van der Waals surface area (Å²) in [5.41, 5.74) is 2.62. The maximum Gasteiger partial charge on any atom is 0.291 e. The standard InChI is InChI=1S/C23H22ClN3O3/c1-14(29)20-21(17-3-2-4-18(24)11-17)26-27(12-15-5-6-15)23(30)22(20)25-19-9-7-16(13-28)8-10-19/h2-4,7-11,15,25,28H,5-6,12-13H2,1H3. The zero-order chi connectivity index (χ0) is 21.3. The van der Waals surface area contributed by atoms with Crippen molar-refractivity contribution >= 4 is 28.8 Å². The van der Waals surface area contributed by atoms with Crippen molar-refractivity contribution in [3.8, 4) is 11.3 Å². The number of aromatic nitrogens is 2. The molecule has 1 heterocycles.